The first kappa shape index (κ1) is 13.1. The van der Waals surface area contributed by atoms with Gasteiger partial charge in [0.2, 0.25) is 5.91 Å². The van der Waals surface area contributed by atoms with Crippen molar-refractivity contribution in [1.29, 1.82) is 0 Å². The van der Waals surface area contributed by atoms with Crippen LogP contribution in [0.4, 0.5) is 0 Å². The molecule has 0 saturated carbocycles. The summed E-state index contributed by atoms with van der Waals surface area (Å²) in [6.07, 6.45) is 2.03. The van der Waals surface area contributed by atoms with Crippen molar-refractivity contribution < 1.29 is 4.79 Å². The van der Waals surface area contributed by atoms with Crippen LogP contribution in [-0.4, -0.2) is 24.2 Å². The van der Waals surface area contributed by atoms with Crippen LogP contribution >= 0.6 is 11.8 Å². The maximum atomic E-state index is 11.9. The van der Waals surface area contributed by atoms with E-state index in [-0.39, 0.29) is 5.91 Å². The zero-order valence-electron chi connectivity index (χ0n) is 10.2. The van der Waals surface area contributed by atoms with E-state index in [0.717, 1.165) is 10.6 Å². The van der Waals surface area contributed by atoms with Crippen molar-refractivity contribution in [2.24, 2.45) is 5.84 Å². The van der Waals surface area contributed by atoms with Crippen LogP contribution in [0.25, 0.3) is 0 Å². The van der Waals surface area contributed by atoms with Gasteiger partial charge in [-0.2, -0.15) is 0 Å². The molecule has 0 unspecified atom stereocenters. The predicted octanol–water partition coefficient (Wildman–Crippen LogP) is 2.02. The van der Waals surface area contributed by atoms with Gasteiger partial charge in [0.15, 0.2) is 0 Å². The highest BCUT2D eigenvalue weighted by atomic mass is 32.2. The van der Waals surface area contributed by atoms with Gasteiger partial charge in [0.05, 0.1) is 5.41 Å². The molecule has 0 aromatic heterocycles. The average molecular weight is 238 g/mol. The van der Waals surface area contributed by atoms with Crippen molar-refractivity contribution >= 4 is 17.7 Å². The lowest BCUT2D eigenvalue weighted by atomic mass is 9.83. The Morgan fingerprint density at radius 2 is 1.81 bits per heavy atom. The molecular formula is C12H18N2OS. The van der Waals surface area contributed by atoms with Gasteiger partial charge in [-0.3, -0.25) is 9.80 Å². The van der Waals surface area contributed by atoms with Gasteiger partial charge in [-0.25, -0.2) is 5.84 Å². The first-order chi connectivity index (χ1) is 7.39. The first-order valence-electron chi connectivity index (χ1n) is 5.07. The van der Waals surface area contributed by atoms with Gasteiger partial charge in [0.25, 0.3) is 0 Å². The number of rotatable bonds is 3. The topological polar surface area (TPSA) is 46.3 Å². The summed E-state index contributed by atoms with van der Waals surface area (Å²) in [6, 6.07) is 8.00. The van der Waals surface area contributed by atoms with Crippen molar-refractivity contribution in [3.8, 4) is 0 Å². The third kappa shape index (κ3) is 2.57. The molecule has 1 aromatic rings. The van der Waals surface area contributed by atoms with Gasteiger partial charge in [0.1, 0.15) is 0 Å². The minimum atomic E-state index is -0.583. The van der Waals surface area contributed by atoms with Crippen LogP contribution in [0.2, 0.25) is 0 Å². The average Bonchev–Trinajstić information content (AvgIpc) is 2.28. The molecule has 0 aliphatic carbocycles. The van der Waals surface area contributed by atoms with Crippen molar-refractivity contribution in [2.75, 3.05) is 13.3 Å². The molecule has 0 saturated heterocycles. The van der Waals surface area contributed by atoms with Gasteiger partial charge in [-0.15, -0.1) is 11.8 Å². The SMILES string of the molecule is CSc1ccc(C(C)(C)C(=O)N(C)N)cc1. The highest BCUT2D eigenvalue weighted by molar-refractivity contribution is 7.98. The highest BCUT2D eigenvalue weighted by Gasteiger charge is 2.31. The highest BCUT2D eigenvalue weighted by Crippen LogP contribution is 2.26. The zero-order chi connectivity index (χ0) is 12.3. The van der Waals surface area contributed by atoms with Crippen LogP contribution in [0.1, 0.15) is 19.4 Å². The molecule has 88 valence electrons. The molecule has 0 aliphatic rings. The monoisotopic (exact) mass is 238 g/mol. The molecule has 0 radical (unpaired) electrons. The minimum Gasteiger partial charge on any atom is -0.283 e. The Balaban J connectivity index is 3.02. The second kappa shape index (κ2) is 4.89. The van der Waals surface area contributed by atoms with Gasteiger partial charge in [-0.05, 0) is 37.8 Å². The summed E-state index contributed by atoms with van der Waals surface area (Å²) in [6.45, 7) is 3.76. The number of nitrogens with two attached hydrogens (primary N) is 1. The number of thioether (sulfide) groups is 1. The number of carbonyl (C=O) groups excluding carboxylic acids is 1. The molecule has 0 heterocycles. The van der Waals surface area contributed by atoms with E-state index in [1.165, 1.54) is 4.90 Å². The third-order valence-corrected chi connectivity index (χ3v) is 3.41. The number of amides is 1. The van der Waals surface area contributed by atoms with Gasteiger partial charge >= 0.3 is 0 Å². The summed E-state index contributed by atoms with van der Waals surface area (Å²) in [5.41, 5.74) is 0.396. The number of likely N-dealkylation sites (N-methyl/N-ethyl adjacent to an activating group) is 1. The molecular weight excluding hydrogens is 220 g/mol. The van der Waals surface area contributed by atoms with Crippen LogP contribution in [0.5, 0.6) is 0 Å². The quantitative estimate of drug-likeness (QED) is 0.379. The predicted molar refractivity (Wildman–Crippen MR) is 68.2 cm³/mol. The molecule has 0 spiro atoms. The van der Waals surface area contributed by atoms with Crippen molar-refractivity contribution in [3.63, 3.8) is 0 Å². The van der Waals surface area contributed by atoms with Crippen LogP contribution in [0, 0.1) is 0 Å². The van der Waals surface area contributed by atoms with Crippen LogP contribution in [0.15, 0.2) is 29.2 Å². The summed E-state index contributed by atoms with van der Waals surface area (Å²) in [5, 5.41) is 1.14. The summed E-state index contributed by atoms with van der Waals surface area (Å²) < 4.78 is 0. The molecule has 3 nitrogen and oxygen atoms in total. The first-order valence-corrected chi connectivity index (χ1v) is 6.29. The Hall–Kier alpha value is -1.00. The zero-order valence-corrected chi connectivity index (χ0v) is 11.0. The van der Waals surface area contributed by atoms with E-state index >= 15 is 0 Å². The van der Waals surface area contributed by atoms with E-state index in [9.17, 15) is 4.79 Å². The Labute approximate surface area is 101 Å². The van der Waals surface area contributed by atoms with Crippen LogP contribution in [0.3, 0.4) is 0 Å². The second-order valence-electron chi connectivity index (χ2n) is 4.27. The minimum absolute atomic E-state index is 0.0931. The van der Waals surface area contributed by atoms with E-state index in [0.29, 0.717) is 0 Å². The number of hydrogen-bond acceptors (Lipinski definition) is 3. The normalized spacial score (nSPS) is 11.3. The molecule has 1 aromatic carbocycles. The number of hydrazine groups is 1. The summed E-state index contributed by atoms with van der Waals surface area (Å²) in [7, 11) is 1.57. The Bertz CT molecular complexity index is 371. The Kier molecular flexibility index (Phi) is 3.99. The van der Waals surface area contributed by atoms with E-state index in [4.69, 9.17) is 5.84 Å². The van der Waals surface area contributed by atoms with E-state index in [1.807, 2.05) is 44.4 Å². The molecule has 0 aliphatic heterocycles. The smallest absolute Gasteiger partial charge is 0.246 e. The van der Waals surface area contributed by atoms with Gasteiger partial charge < -0.3 is 0 Å². The molecule has 16 heavy (non-hydrogen) atoms. The molecule has 2 N–H and O–H groups in total. The second-order valence-corrected chi connectivity index (χ2v) is 5.15. The fourth-order valence-corrected chi connectivity index (χ4v) is 1.98. The number of hydrogen-bond donors (Lipinski definition) is 1. The lowest BCUT2D eigenvalue weighted by Crippen LogP contribution is -2.44. The molecule has 1 amide bonds. The van der Waals surface area contributed by atoms with Crippen molar-refractivity contribution in [1.82, 2.24) is 5.01 Å². The molecule has 0 atom stereocenters. The van der Waals surface area contributed by atoms with Crippen LogP contribution in [-0.2, 0) is 10.2 Å². The maximum Gasteiger partial charge on any atom is 0.246 e. The molecule has 0 fully saturated rings. The van der Waals surface area contributed by atoms with E-state index < -0.39 is 5.41 Å². The van der Waals surface area contributed by atoms with Gasteiger partial charge in [0, 0.05) is 11.9 Å². The Morgan fingerprint density at radius 3 is 2.19 bits per heavy atom. The molecule has 1 rings (SSSR count). The third-order valence-electron chi connectivity index (χ3n) is 2.67. The van der Waals surface area contributed by atoms with E-state index in [1.54, 1.807) is 18.8 Å². The van der Waals surface area contributed by atoms with Crippen molar-refractivity contribution in [2.45, 2.75) is 24.2 Å². The Morgan fingerprint density at radius 1 is 1.31 bits per heavy atom. The van der Waals surface area contributed by atoms with Crippen molar-refractivity contribution in [3.05, 3.63) is 29.8 Å². The fraction of sp³-hybridized carbons (Fsp3) is 0.417. The summed E-state index contributed by atoms with van der Waals surface area (Å²) in [4.78, 5) is 13.1. The summed E-state index contributed by atoms with van der Waals surface area (Å²) in [5.74, 6) is 5.40. The lowest BCUT2D eigenvalue weighted by molar-refractivity contribution is -0.135. The van der Waals surface area contributed by atoms with E-state index in [2.05, 4.69) is 0 Å². The maximum absolute atomic E-state index is 11.9. The standard InChI is InChI=1S/C12H18N2OS/c1-12(2,11(15)14(3)13)9-5-7-10(16-4)8-6-9/h5-8H,13H2,1-4H3. The number of nitrogens with zero attached hydrogens (tertiary/aromatic N) is 1. The van der Waals surface area contributed by atoms with Gasteiger partial charge in [-0.1, -0.05) is 12.1 Å². The molecule has 4 heteroatoms. The number of carbonyl (C=O) groups is 1. The number of benzene rings is 1. The largest absolute Gasteiger partial charge is 0.283 e. The summed E-state index contributed by atoms with van der Waals surface area (Å²) >= 11 is 1.68. The molecule has 0 bridgehead atoms. The fourth-order valence-electron chi connectivity index (χ4n) is 1.57. The van der Waals surface area contributed by atoms with Crippen LogP contribution < -0.4 is 5.84 Å². The lowest BCUT2D eigenvalue weighted by Gasteiger charge is -2.27.